The highest BCUT2D eigenvalue weighted by Gasteiger charge is 2.45. The number of hydrogen-bond donors (Lipinski definition) is 2. The molecule has 2 N–H and O–H groups in total. The third kappa shape index (κ3) is 6.27. The van der Waals surface area contributed by atoms with Crippen LogP contribution in [0.2, 0.25) is 0 Å². The van der Waals surface area contributed by atoms with Gasteiger partial charge in [-0.3, -0.25) is 4.79 Å². The monoisotopic (exact) mass is 456 g/mol. The van der Waals surface area contributed by atoms with Crippen molar-refractivity contribution in [3.05, 3.63) is 47.1 Å². The van der Waals surface area contributed by atoms with E-state index in [1.807, 2.05) is 20.8 Å². The minimum absolute atomic E-state index is 0.102. The number of ether oxygens (including phenoxy) is 1. The molecule has 0 radical (unpaired) electrons. The van der Waals surface area contributed by atoms with E-state index in [1.165, 1.54) is 18.4 Å². The van der Waals surface area contributed by atoms with Crippen LogP contribution in [0.1, 0.15) is 92.4 Å². The van der Waals surface area contributed by atoms with Crippen molar-refractivity contribution in [2.45, 2.75) is 110 Å². The van der Waals surface area contributed by atoms with Gasteiger partial charge in [0.1, 0.15) is 5.60 Å². The molecule has 0 spiro atoms. The molecular weight excluding hydrogens is 412 g/mol. The van der Waals surface area contributed by atoms with E-state index in [2.05, 4.69) is 38.7 Å². The molecule has 4 nitrogen and oxygen atoms in total. The van der Waals surface area contributed by atoms with Crippen molar-refractivity contribution in [2.24, 2.45) is 17.3 Å². The van der Waals surface area contributed by atoms with Gasteiger partial charge >= 0.3 is 5.97 Å². The number of aliphatic hydroxyl groups is 2. The highest BCUT2D eigenvalue weighted by Crippen LogP contribution is 2.57. The molecule has 0 amide bonds. The van der Waals surface area contributed by atoms with Gasteiger partial charge in [0.15, 0.2) is 0 Å². The van der Waals surface area contributed by atoms with Crippen LogP contribution in [0, 0.1) is 17.3 Å². The Kier molecular flexibility index (Phi) is 8.11. The van der Waals surface area contributed by atoms with Crippen molar-refractivity contribution < 1.29 is 19.7 Å². The van der Waals surface area contributed by atoms with E-state index < -0.39 is 17.8 Å². The third-order valence-corrected chi connectivity index (χ3v) is 7.84. The summed E-state index contributed by atoms with van der Waals surface area (Å²) >= 11 is 0. The van der Waals surface area contributed by atoms with E-state index in [9.17, 15) is 15.0 Å². The maximum Gasteiger partial charge on any atom is 0.306 e. The van der Waals surface area contributed by atoms with Crippen LogP contribution in [0.3, 0.4) is 0 Å². The van der Waals surface area contributed by atoms with Gasteiger partial charge in [0, 0.05) is 12.8 Å². The Morgan fingerprint density at radius 1 is 1.33 bits per heavy atom. The lowest BCUT2D eigenvalue weighted by molar-refractivity contribution is -0.154. The second-order valence-electron chi connectivity index (χ2n) is 11.7. The molecule has 0 saturated heterocycles. The number of rotatable bonds is 6. The standard InChI is InChI=1S/C29H44O4/c1-19(9-7-11-27(32)33-28(3,4)5)24-14-15-25-21(10-8-16-29(24,25)6)12-13-22-17-23(30)18-26(31)20(22)2/h12-14,19,23,25-26,30-31H,2,7-11,15-18H2,1,3-6H3/b21-12+,22-13-/t19-,23-,25-,26-,29+/m0/s1. The largest absolute Gasteiger partial charge is 0.460 e. The molecule has 3 aliphatic carbocycles. The summed E-state index contributed by atoms with van der Waals surface area (Å²) in [4.78, 5) is 12.1. The molecule has 0 unspecified atom stereocenters. The first-order chi connectivity index (χ1) is 15.4. The molecule has 3 aliphatic rings. The van der Waals surface area contributed by atoms with E-state index in [0.29, 0.717) is 31.1 Å². The Labute approximate surface area is 200 Å². The van der Waals surface area contributed by atoms with Crippen LogP contribution < -0.4 is 0 Å². The summed E-state index contributed by atoms with van der Waals surface area (Å²) in [5, 5.41) is 20.2. The number of esters is 1. The quantitative estimate of drug-likeness (QED) is 0.369. The lowest BCUT2D eigenvalue weighted by Crippen LogP contribution is -2.32. The van der Waals surface area contributed by atoms with E-state index in [4.69, 9.17) is 4.74 Å². The molecule has 33 heavy (non-hydrogen) atoms. The molecule has 0 aromatic carbocycles. The summed E-state index contributed by atoms with van der Waals surface area (Å²) in [6.45, 7) is 14.5. The van der Waals surface area contributed by atoms with Gasteiger partial charge in [0.05, 0.1) is 12.2 Å². The number of carbonyl (C=O) groups is 1. The molecule has 3 rings (SSSR count). The predicted octanol–water partition coefficient (Wildman–Crippen LogP) is 6.20. The van der Waals surface area contributed by atoms with E-state index in [0.717, 1.165) is 36.8 Å². The molecule has 0 bridgehead atoms. The lowest BCUT2D eigenvalue weighted by atomic mass is 9.62. The van der Waals surface area contributed by atoms with Crippen molar-refractivity contribution >= 4 is 5.97 Å². The molecular formula is C29H44O4. The third-order valence-electron chi connectivity index (χ3n) is 7.84. The van der Waals surface area contributed by atoms with Crippen molar-refractivity contribution in [3.63, 3.8) is 0 Å². The first-order valence-corrected chi connectivity index (χ1v) is 12.8. The first-order valence-electron chi connectivity index (χ1n) is 12.8. The van der Waals surface area contributed by atoms with Crippen LogP contribution in [-0.2, 0) is 9.53 Å². The number of aliphatic hydroxyl groups excluding tert-OH is 2. The van der Waals surface area contributed by atoms with Crippen LogP contribution in [0.4, 0.5) is 0 Å². The Morgan fingerprint density at radius 3 is 2.76 bits per heavy atom. The van der Waals surface area contributed by atoms with Crippen molar-refractivity contribution in [1.29, 1.82) is 0 Å². The topological polar surface area (TPSA) is 66.8 Å². The normalized spacial score (nSPS) is 33.7. The van der Waals surface area contributed by atoms with Gasteiger partial charge in [0.25, 0.3) is 0 Å². The average molecular weight is 457 g/mol. The minimum Gasteiger partial charge on any atom is -0.460 e. The molecule has 5 atom stereocenters. The Bertz CT molecular complexity index is 840. The number of hydrogen-bond acceptors (Lipinski definition) is 4. The summed E-state index contributed by atoms with van der Waals surface area (Å²) in [6, 6.07) is 0. The van der Waals surface area contributed by atoms with Crippen LogP contribution >= 0.6 is 0 Å². The van der Waals surface area contributed by atoms with Crippen LogP contribution in [-0.4, -0.2) is 34.0 Å². The predicted molar refractivity (Wildman–Crippen MR) is 134 cm³/mol. The maximum absolute atomic E-state index is 12.1. The second kappa shape index (κ2) is 10.3. The summed E-state index contributed by atoms with van der Waals surface area (Å²) in [7, 11) is 0. The highest BCUT2D eigenvalue weighted by atomic mass is 16.6. The fraction of sp³-hybridized carbons (Fsp3) is 0.690. The van der Waals surface area contributed by atoms with Gasteiger partial charge in [0.2, 0.25) is 0 Å². The summed E-state index contributed by atoms with van der Waals surface area (Å²) in [5.41, 5.74) is 4.52. The molecule has 184 valence electrons. The van der Waals surface area contributed by atoms with Crippen molar-refractivity contribution in [3.8, 4) is 0 Å². The minimum atomic E-state index is -0.642. The molecule has 2 fully saturated rings. The average Bonchev–Trinajstić information content (AvgIpc) is 3.05. The highest BCUT2D eigenvalue weighted by molar-refractivity contribution is 5.69. The van der Waals surface area contributed by atoms with Crippen LogP contribution in [0.25, 0.3) is 0 Å². The Balaban J connectivity index is 1.64. The van der Waals surface area contributed by atoms with Gasteiger partial charge in [-0.15, -0.1) is 0 Å². The second-order valence-corrected chi connectivity index (χ2v) is 11.7. The SMILES string of the molecule is C=C1/C(=C\C=C2/CCC[C@]3(C)C([C@@H](C)CCCC(=O)OC(C)(C)C)=CC[C@@H]23)C[C@H](O)C[C@@H]1O. The zero-order valence-corrected chi connectivity index (χ0v) is 21.3. The number of allylic oxidation sites excluding steroid dienone is 5. The van der Waals surface area contributed by atoms with Crippen LogP contribution in [0.5, 0.6) is 0 Å². The van der Waals surface area contributed by atoms with Crippen LogP contribution in [0.15, 0.2) is 47.1 Å². The first kappa shape index (κ1) is 26.0. The molecule has 0 heterocycles. The van der Waals surface area contributed by atoms with Gasteiger partial charge < -0.3 is 14.9 Å². The van der Waals surface area contributed by atoms with E-state index in [1.54, 1.807) is 5.57 Å². The molecule has 4 heteroatoms. The zero-order valence-electron chi connectivity index (χ0n) is 21.3. The maximum atomic E-state index is 12.1. The van der Waals surface area contributed by atoms with Gasteiger partial charge in [-0.2, -0.15) is 0 Å². The Morgan fingerprint density at radius 2 is 2.06 bits per heavy atom. The summed E-state index contributed by atoms with van der Waals surface area (Å²) < 4.78 is 5.46. The van der Waals surface area contributed by atoms with Gasteiger partial charge in [-0.1, -0.05) is 49.8 Å². The molecule has 0 aromatic rings. The fourth-order valence-electron chi connectivity index (χ4n) is 6.18. The van der Waals surface area contributed by atoms with Gasteiger partial charge in [-0.25, -0.2) is 0 Å². The smallest absolute Gasteiger partial charge is 0.306 e. The van der Waals surface area contributed by atoms with Gasteiger partial charge in [-0.05, 0) is 94.1 Å². The summed E-state index contributed by atoms with van der Waals surface area (Å²) in [5.74, 6) is 0.872. The van der Waals surface area contributed by atoms with Crippen molar-refractivity contribution in [1.82, 2.24) is 0 Å². The molecule has 2 saturated carbocycles. The number of fused-ring (bicyclic) bond motifs is 1. The summed E-state index contributed by atoms with van der Waals surface area (Å²) in [6.07, 6.45) is 13.5. The zero-order chi connectivity index (χ0) is 24.4. The fourth-order valence-corrected chi connectivity index (χ4v) is 6.18. The van der Waals surface area contributed by atoms with E-state index >= 15 is 0 Å². The van der Waals surface area contributed by atoms with Crippen molar-refractivity contribution in [2.75, 3.05) is 0 Å². The lowest BCUT2D eigenvalue weighted by Gasteiger charge is -2.42. The molecule has 0 aromatic heterocycles. The number of carbonyl (C=O) groups excluding carboxylic acids is 1. The van der Waals surface area contributed by atoms with E-state index in [-0.39, 0.29) is 11.4 Å². The molecule has 0 aliphatic heterocycles. The Hall–Kier alpha value is -1.65.